The predicted octanol–water partition coefficient (Wildman–Crippen LogP) is 2.34. The first-order valence-electron chi connectivity index (χ1n) is 10.1. The fourth-order valence-electron chi connectivity index (χ4n) is 3.22. The number of amides is 1. The summed E-state index contributed by atoms with van der Waals surface area (Å²) in [5.74, 6) is -4.01. The Morgan fingerprint density at radius 3 is 2.82 bits per heavy atom. The first-order valence-corrected chi connectivity index (χ1v) is 10.1. The molecule has 4 rings (SSSR count). The summed E-state index contributed by atoms with van der Waals surface area (Å²) < 4.78 is 29.9. The molecule has 1 amide bonds. The largest absolute Gasteiger partial charge is 0.360 e. The van der Waals surface area contributed by atoms with Crippen molar-refractivity contribution in [1.29, 1.82) is 0 Å². The third-order valence-corrected chi connectivity index (χ3v) is 5.00. The highest BCUT2D eigenvalue weighted by molar-refractivity contribution is 5.76. The Bertz CT molecular complexity index is 1340. The zero-order valence-corrected chi connectivity index (χ0v) is 17.7. The first-order chi connectivity index (χ1) is 15.8. The molecule has 4 aromatic heterocycles. The molecule has 0 aromatic carbocycles. The van der Waals surface area contributed by atoms with Gasteiger partial charge in [-0.1, -0.05) is 6.07 Å². The lowest BCUT2D eigenvalue weighted by atomic mass is 10.2. The van der Waals surface area contributed by atoms with E-state index in [9.17, 15) is 18.4 Å². The highest BCUT2D eigenvalue weighted by Crippen LogP contribution is 2.25. The van der Waals surface area contributed by atoms with E-state index >= 15 is 0 Å². The number of carbonyl (C=O) groups is 1. The quantitative estimate of drug-likeness (QED) is 0.377. The van der Waals surface area contributed by atoms with Crippen LogP contribution in [0.15, 0.2) is 59.8 Å². The summed E-state index contributed by atoms with van der Waals surface area (Å²) in [5.41, 5.74) is 1.65. The molecule has 0 bridgehead atoms. The van der Waals surface area contributed by atoms with E-state index in [-0.39, 0.29) is 18.9 Å². The summed E-state index contributed by atoms with van der Waals surface area (Å²) in [7, 11) is 0. The van der Waals surface area contributed by atoms with E-state index in [1.165, 1.54) is 35.2 Å². The number of aryl methyl sites for hydroxylation is 1. The molecule has 0 saturated carbocycles. The van der Waals surface area contributed by atoms with E-state index < -0.39 is 29.6 Å². The number of rotatable bonds is 8. The third-order valence-electron chi connectivity index (χ3n) is 5.00. The highest BCUT2D eigenvalue weighted by Gasteiger charge is 2.33. The number of pyridine rings is 2. The number of nitrogens with zero attached hydrogens (tertiary/aromatic N) is 4. The number of nitrogens with one attached hydrogen (secondary N) is 3. The molecular formula is C22H21F2N7O2. The molecule has 3 N–H and O–H groups in total. The monoisotopic (exact) mass is 453 g/mol. The van der Waals surface area contributed by atoms with Crippen LogP contribution in [-0.2, 0) is 23.8 Å². The Morgan fingerprint density at radius 1 is 1.18 bits per heavy atom. The van der Waals surface area contributed by atoms with E-state index in [4.69, 9.17) is 0 Å². The van der Waals surface area contributed by atoms with Crippen LogP contribution in [-0.4, -0.2) is 37.0 Å². The SMILES string of the molecule is Cc1cnc(NCC(F)(F)c2ccccn2)c(=O)n1CC(=O)NCc1ccc2[nH]ccc2n1. The van der Waals surface area contributed by atoms with E-state index in [0.717, 1.165) is 11.0 Å². The summed E-state index contributed by atoms with van der Waals surface area (Å²) in [4.78, 5) is 40.2. The second kappa shape index (κ2) is 9.15. The van der Waals surface area contributed by atoms with Gasteiger partial charge in [0.05, 0.1) is 29.8 Å². The van der Waals surface area contributed by atoms with Gasteiger partial charge in [-0.25, -0.2) is 9.97 Å². The number of aromatic nitrogens is 5. The molecule has 0 unspecified atom stereocenters. The molecule has 11 heteroatoms. The van der Waals surface area contributed by atoms with Crippen LogP contribution < -0.4 is 16.2 Å². The van der Waals surface area contributed by atoms with Gasteiger partial charge in [-0.3, -0.25) is 19.1 Å². The minimum Gasteiger partial charge on any atom is -0.360 e. The lowest BCUT2D eigenvalue weighted by molar-refractivity contribution is -0.121. The predicted molar refractivity (Wildman–Crippen MR) is 118 cm³/mol. The molecule has 4 heterocycles. The van der Waals surface area contributed by atoms with Gasteiger partial charge in [0.25, 0.3) is 5.56 Å². The van der Waals surface area contributed by atoms with Gasteiger partial charge in [-0.2, -0.15) is 8.78 Å². The van der Waals surface area contributed by atoms with Crippen molar-refractivity contribution in [2.75, 3.05) is 11.9 Å². The van der Waals surface area contributed by atoms with Crippen LogP contribution in [0, 0.1) is 6.92 Å². The summed E-state index contributed by atoms with van der Waals surface area (Å²) in [6.07, 6.45) is 4.39. The molecule has 0 spiro atoms. The summed E-state index contributed by atoms with van der Waals surface area (Å²) in [5, 5.41) is 5.10. The zero-order chi connectivity index (χ0) is 23.4. The average molecular weight is 453 g/mol. The molecule has 0 aliphatic carbocycles. The van der Waals surface area contributed by atoms with Gasteiger partial charge < -0.3 is 15.6 Å². The number of hydrogen-bond acceptors (Lipinski definition) is 6. The van der Waals surface area contributed by atoms with Crippen molar-refractivity contribution in [1.82, 2.24) is 29.8 Å². The number of halogens is 2. The Morgan fingerprint density at radius 2 is 2.03 bits per heavy atom. The second-order valence-corrected chi connectivity index (χ2v) is 7.40. The molecule has 33 heavy (non-hydrogen) atoms. The first kappa shape index (κ1) is 22.1. The highest BCUT2D eigenvalue weighted by atomic mass is 19.3. The third kappa shape index (κ3) is 5.03. The Labute approximate surface area is 186 Å². The standard InChI is InChI=1S/C22H21F2N7O2/c1-14-10-28-20(29-13-22(23,24)18-4-2-3-8-26-18)21(33)31(14)12-19(32)27-11-15-5-6-16-17(30-15)7-9-25-16/h2-10,25H,11-13H2,1H3,(H,27,32)(H,28,29). The van der Waals surface area contributed by atoms with Crippen LogP contribution in [0.25, 0.3) is 11.0 Å². The van der Waals surface area contributed by atoms with Gasteiger partial charge in [-0.05, 0) is 37.3 Å². The summed E-state index contributed by atoms with van der Waals surface area (Å²) >= 11 is 0. The molecule has 170 valence electrons. The van der Waals surface area contributed by atoms with Gasteiger partial charge >= 0.3 is 5.92 Å². The van der Waals surface area contributed by atoms with Crippen LogP contribution in [0.4, 0.5) is 14.6 Å². The van der Waals surface area contributed by atoms with Gasteiger partial charge in [-0.15, -0.1) is 0 Å². The van der Waals surface area contributed by atoms with Crippen LogP contribution >= 0.6 is 0 Å². The summed E-state index contributed by atoms with van der Waals surface area (Å²) in [6, 6.07) is 9.67. The molecule has 4 aromatic rings. The normalized spacial score (nSPS) is 11.5. The number of H-pyrrole nitrogens is 1. The average Bonchev–Trinajstić information content (AvgIpc) is 3.28. The number of aromatic amines is 1. The van der Waals surface area contributed by atoms with Crippen LogP contribution in [0.1, 0.15) is 17.1 Å². The second-order valence-electron chi connectivity index (χ2n) is 7.40. The van der Waals surface area contributed by atoms with Crippen molar-refractivity contribution in [2.45, 2.75) is 25.9 Å². The smallest absolute Gasteiger partial charge is 0.306 e. The number of alkyl halides is 2. The molecule has 0 aliphatic rings. The Balaban J connectivity index is 1.41. The van der Waals surface area contributed by atoms with Gasteiger partial charge in [0.2, 0.25) is 5.91 Å². The maximum absolute atomic E-state index is 14.4. The van der Waals surface area contributed by atoms with E-state index in [2.05, 4.69) is 30.6 Å². The van der Waals surface area contributed by atoms with Crippen LogP contribution in [0.5, 0.6) is 0 Å². The maximum atomic E-state index is 14.4. The van der Waals surface area contributed by atoms with Gasteiger partial charge in [0.15, 0.2) is 5.82 Å². The number of carbonyl (C=O) groups excluding carboxylic acids is 1. The minimum atomic E-state index is -3.31. The van der Waals surface area contributed by atoms with Crippen molar-refractivity contribution >= 4 is 22.8 Å². The number of hydrogen-bond donors (Lipinski definition) is 3. The van der Waals surface area contributed by atoms with E-state index in [0.29, 0.717) is 11.4 Å². The number of anilines is 1. The Hall–Kier alpha value is -4.15. The molecule has 0 fully saturated rings. The molecule has 0 atom stereocenters. The molecule has 9 nitrogen and oxygen atoms in total. The van der Waals surface area contributed by atoms with Crippen molar-refractivity contribution in [3.05, 3.63) is 82.4 Å². The minimum absolute atomic E-state index is 0.181. The summed E-state index contributed by atoms with van der Waals surface area (Å²) in [6.45, 7) is 0.634. The van der Waals surface area contributed by atoms with Gasteiger partial charge in [0, 0.05) is 24.3 Å². The van der Waals surface area contributed by atoms with Crippen molar-refractivity contribution < 1.29 is 13.6 Å². The van der Waals surface area contributed by atoms with E-state index in [1.807, 2.05) is 12.1 Å². The van der Waals surface area contributed by atoms with Crippen molar-refractivity contribution in [3.8, 4) is 0 Å². The number of fused-ring (bicyclic) bond motifs is 1. The molecule has 0 aliphatic heterocycles. The van der Waals surface area contributed by atoms with Crippen LogP contribution in [0.3, 0.4) is 0 Å². The zero-order valence-electron chi connectivity index (χ0n) is 17.7. The fraction of sp³-hybridized carbons (Fsp3) is 0.227. The van der Waals surface area contributed by atoms with E-state index in [1.54, 1.807) is 19.2 Å². The van der Waals surface area contributed by atoms with Crippen molar-refractivity contribution in [2.24, 2.45) is 0 Å². The fourth-order valence-corrected chi connectivity index (χ4v) is 3.22. The Kier molecular flexibility index (Phi) is 6.11. The van der Waals surface area contributed by atoms with Gasteiger partial charge in [0.1, 0.15) is 12.2 Å². The molecule has 0 saturated heterocycles. The van der Waals surface area contributed by atoms with Crippen molar-refractivity contribution in [3.63, 3.8) is 0 Å². The van der Waals surface area contributed by atoms with Crippen LogP contribution in [0.2, 0.25) is 0 Å². The maximum Gasteiger partial charge on any atom is 0.306 e. The lowest BCUT2D eigenvalue weighted by Gasteiger charge is -2.17. The topological polar surface area (TPSA) is 118 Å². The lowest BCUT2D eigenvalue weighted by Crippen LogP contribution is -2.36. The molecule has 0 radical (unpaired) electrons. The molecular weight excluding hydrogens is 432 g/mol.